The molecule has 5 rings (SSSR count). The van der Waals surface area contributed by atoms with Gasteiger partial charge in [-0.25, -0.2) is 4.98 Å². The largest absolute Gasteiger partial charge is 0.439 e. The van der Waals surface area contributed by atoms with E-state index in [2.05, 4.69) is 32.2 Å². The number of rotatable bonds is 7. The van der Waals surface area contributed by atoms with E-state index in [1.807, 2.05) is 36.4 Å². The molecule has 1 aliphatic rings. The summed E-state index contributed by atoms with van der Waals surface area (Å²) in [6.07, 6.45) is 6.37. The van der Waals surface area contributed by atoms with Crippen LogP contribution >= 0.6 is 0 Å². The minimum atomic E-state index is 0.301. The molecule has 7 heteroatoms. The van der Waals surface area contributed by atoms with E-state index in [0.717, 1.165) is 72.5 Å². The number of Topliss-reactive ketones (excluding diaryl/α,β-unsaturated/α-hetero) is 1. The summed E-state index contributed by atoms with van der Waals surface area (Å²) in [5.74, 6) is 2.11. The summed E-state index contributed by atoms with van der Waals surface area (Å²) in [5.41, 5.74) is 3.89. The van der Waals surface area contributed by atoms with Gasteiger partial charge in [-0.3, -0.25) is 15.0 Å². The molecule has 33 heavy (non-hydrogen) atoms. The molecule has 4 aromatic rings. The van der Waals surface area contributed by atoms with Crippen molar-refractivity contribution in [2.24, 2.45) is 5.92 Å². The lowest BCUT2D eigenvalue weighted by atomic mass is 9.92. The molecule has 1 fully saturated rings. The molecule has 1 aromatic carbocycles. The molecule has 0 bridgehead atoms. The Balaban J connectivity index is 1.22. The van der Waals surface area contributed by atoms with Crippen molar-refractivity contribution in [1.29, 1.82) is 0 Å². The van der Waals surface area contributed by atoms with Crippen molar-refractivity contribution in [3.8, 4) is 22.9 Å². The third-order valence-corrected chi connectivity index (χ3v) is 6.16. The number of fused-ring (bicyclic) bond motifs is 1. The Morgan fingerprint density at radius 2 is 2.00 bits per heavy atom. The average Bonchev–Trinajstić information content (AvgIpc) is 3.36. The lowest BCUT2D eigenvalue weighted by Crippen LogP contribution is -2.34. The summed E-state index contributed by atoms with van der Waals surface area (Å²) in [6.45, 7) is 4.58. The number of H-pyrrole nitrogens is 1. The Morgan fingerprint density at radius 3 is 2.73 bits per heavy atom. The minimum Gasteiger partial charge on any atom is -0.439 e. The molecular weight excluding hydrogens is 414 g/mol. The van der Waals surface area contributed by atoms with Crippen LogP contribution in [0.15, 0.2) is 60.9 Å². The topological polar surface area (TPSA) is 84.0 Å². The molecule has 168 valence electrons. The fourth-order valence-corrected chi connectivity index (χ4v) is 4.42. The number of benzene rings is 1. The van der Waals surface area contributed by atoms with Crippen LogP contribution in [0.4, 0.5) is 0 Å². The standard InChI is InChI=1S/C26H27N5O2/c1-18(32)14-19-9-12-31(13-10-19)17-22-4-2-20-15-23(5-6-24(20)29-22)33-26-7-3-21(16-27-26)25-8-11-28-30-25/h2-8,11,15-16,19H,9-10,12-14,17H2,1H3,(H,28,30). The zero-order valence-corrected chi connectivity index (χ0v) is 18.7. The number of aromatic amines is 1. The van der Waals surface area contributed by atoms with Crippen molar-refractivity contribution in [2.75, 3.05) is 13.1 Å². The highest BCUT2D eigenvalue weighted by molar-refractivity contribution is 5.80. The van der Waals surface area contributed by atoms with Crippen LogP contribution in [-0.4, -0.2) is 43.9 Å². The van der Waals surface area contributed by atoms with Crippen molar-refractivity contribution in [3.63, 3.8) is 0 Å². The number of carbonyl (C=O) groups is 1. The fraction of sp³-hybridized carbons (Fsp3) is 0.308. The number of hydrogen-bond donors (Lipinski definition) is 1. The van der Waals surface area contributed by atoms with E-state index < -0.39 is 0 Å². The lowest BCUT2D eigenvalue weighted by molar-refractivity contribution is -0.118. The van der Waals surface area contributed by atoms with Gasteiger partial charge in [0, 0.05) is 42.4 Å². The molecule has 7 nitrogen and oxygen atoms in total. The Kier molecular flexibility index (Phi) is 6.13. The van der Waals surface area contributed by atoms with Gasteiger partial charge in [-0.15, -0.1) is 0 Å². The van der Waals surface area contributed by atoms with Gasteiger partial charge in [0.2, 0.25) is 5.88 Å². The molecule has 1 aliphatic heterocycles. The molecule has 4 heterocycles. The molecule has 0 atom stereocenters. The summed E-state index contributed by atoms with van der Waals surface area (Å²) in [7, 11) is 0. The third-order valence-electron chi connectivity index (χ3n) is 6.16. The number of nitrogens with one attached hydrogen (secondary N) is 1. The highest BCUT2D eigenvalue weighted by Gasteiger charge is 2.20. The van der Waals surface area contributed by atoms with E-state index in [-0.39, 0.29) is 0 Å². The van der Waals surface area contributed by atoms with E-state index in [0.29, 0.717) is 17.6 Å². The zero-order valence-electron chi connectivity index (χ0n) is 18.7. The van der Waals surface area contributed by atoms with Crippen LogP contribution < -0.4 is 4.74 Å². The normalized spacial score (nSPS) is 15.1. The van der Waals surface area contributed by atoms with Crippen LogP contribution in [0.3, 0.4) is 0 Å². The molecule has 0 unspecified atom stereocenters. The zero-order chi connectivity index (χ0) is 22.6. The summed E-state index contributed by atoms with van der Waals surface area (Å²) in [5, 5.41) is 7.93. The van der Waals surface area contributed by atoms with Gasteiger partial charge in [0.15, 0.2) is 0 Å². The Labute approximate surface area is 192 Å². The van der Waals surface area contributed by atoms with Gasteiger partial charge in [-0.1, -0.05) is 6.07 Å². The minimum absolute atomic E-state index is 0.301. The molecule has 0 radical (unpaired) electrons. The van der Waals surface area contributed by atoms with E-state index in [4.69, 9.17) is 9.72 Å². The highest BCUT2D eigenvalue weighted by Crippen LogP contribution is 2.26. The van der Waals surface area contributed by atoms with Gasteiger partial charge in [0.1, 0.15) is 11.5 Å². The van der Waals surface area contributed by atoms with E-state index in [1.54, 1.807) is 19.3 Å². The fourth-order valence-electron chi connectivity index (χ4n) is 4.42. The van der Waals surface area contributed by atoms with Crippen LogP contribution in [0.25, 0.3) is 22.2 Å². The number of aromatic nitrogens is 4. The van der Waals surface area contributed by atoms with E-state index >= 15 is 0 Å². The quantitative estimate of drug-likeness (QED) is 0.434. The maximum absolute atomic E-state index is 11.4. The summed E-state index contributed by atoms with van der Waals surface area (Å²) in [4.78, 5) is 23.0. The first-order valence-electron chi connectivity index (χ1n) is 11.4. The van der Waals surface area contributed by atoms with Crippen LogP contribution in [0.1, 0.15) is 31.9 Å². The molecule has 1 saturated heterocycles. The second-order valence-electron chi connectivity index (χ2n) is 8.74. The van der Waals surface area contributed by atoms with Crippen LogP contribution in [-0.2, 0) is 11.3 Å². The Bertz CT molecular complexity index is 1230. The van der Waals surface area contributed by atoms with Gasteiger partial charge >= 0.3 is 0 Å². The van der Waals surface area contributed by atoms with Gasteiger partial charge < -0.3 is 9.53 Å². The first-order valence-corrected chi connectivity index (χ1v) is 11.4. The van der Waals surface area contributed by atoms with Crippen LogP contribution in [0.5, 0.6) is 11.6 Å². The first-order chi connectivity index (χ1) is 16.1. The Morgan fingerprint density at radius 1 is 1.12 bits per heavy atom. The van der Waals surface area contributed by atoms with Gasteiger partial charge in [0.25, 0.3) is 0 Å². The van der Waals surface area contributed by atoms with Crippen molar-refractivity contribution in [2.45, 2.75) is 32.7 Å². The van der Waals surface area contributed by atoms with Gasteiger partial charge in [0.05, 0.1) is 16.9 Å². The average molecular weight is 442 g/mol. The molecular formula is C26H27N5O2. The Hall–Kier alpha value is -3.58. The second kappa shape index (κ2) is 9.50. The lowest BCUT2D eigenvalue weighted by Gasteiger charge is -2.31. The number of nitrogens with zero attached hydrogens (tertiary/aromatic N) is 4. The number of ether oxygens (including phenoxy) is 1. The number of ketones is 1. The number of carbonyl (C=O) groups excluding carboxylic acids is 1. The summed E-state index contributed by atoms with van der Waals surface area (Å²) in [6, 6.07) is 15.8. The molecule has 0 amide bonds. The SMILES string of the molecule is CC(=O)CC1CCN(Cc2ccc3cc(Oc4ccc(-c5ccn[nH]5)cn4)ccc3n2)CC1. The summed E-state index contributed by atoms with van der Waals surface area (Å²) >= 11 is 0. The van der Waals surface area contributed by atoms with Crippen molar-refractivity contribution >= 4 is 16.7 Å². The number of likely N-dealkylation sites (tertiary alicyclic amines) is 1. The van der Waals surface area contributed by atoms with Crippen molar-refractivity contribution in [1.82, 2.24) is 25.1 Å². The first kappa shape index (κ1) is 21.3. The van der Waals surface area contributed by atoms with Crippen LogP contribution in [0.2, 0.25) is 0 Å². The number of pyridine rings is 2. The third kappa shape index (κ3) is 5.26. The van der Waals surface area contributed by atoms with Gasteiger partial charge in [-0.05, 0) is 75.2 Å². The molecule has 0 aliphatic carbocycles. The maximum atomic E-state index is 11.4. The monoisotopic (exact) mass is 441 g/mol. The van der Waals surface area contributed by atoms with E-state index in [1.165, 1.54) is 0 Å². The van der Waals surface area contributed by atoms with Crippen molar-refractivity contribution in [3.05, 3.63) is 66.6 Å². The number of hydrogen-bond acceptors (Lipinski definition) is 6. The molecule has 3 aromatic heterocycles. The van der Waals surface area contributed by atoms with Gasteiger partial charge in [-0.2, -0.15) is 5.10 Å². The second-order valence-corrected chi connectivity index (χ2v) is 8.74. The molecule has 1 N–H and O–H groups in total. The summed E-state index contributed by atoms with van der Waals surface area (Å²) < 4.78 is 5.95. The number of piperidine rings is 1. The predicted molar refractivity (Wildman–Crippen MR) is 127 cm³/mol. The smallest absolute Gasteiger partial charge is 0.219 e. The van der Waals surface area contributed by atoms with Crippen molar-refractivity contribution < 1.29 is 9.53 Å². The molecule has 0 saturated carbocycles. The van der Waals surface area contributed by atoms with Crippen LogP contribution in [0, 0.1) is 5.92 Å². The maximum Gasteiger partial charge on any atom is 0.219 e. The van der Waals surface area contributed by atoms with E-state index in [9.17, 15) is 4.79 Å². The predicted octanol–water partition coefficient (Wildman–Crippen LogP) is 5.00. The molecule has 0 spiro atoms. The highest BCUT2D eigenvalue weighted by atomic mass is 16.5.